The Morgan fingerprint density at radius 1 is 1.00 bits per heavy atom. The third-order valence-corrected chi connectivity index (χ3v) is 6.56. The van der Waals surface area contributed by atoms with Crippen molar-refractivity contribution in [2.24, 2.45) is 0 Å². The molecule has 5 rings (SSSR count). The van der Waals surface area contributed by atoms with Crippen LogP contribution in [0, 0.1) is 0 Å². The van der Waals surface area contributed by atoms with Gasteiger partial charge in [-0.05, 0) is 49.6 Å². The van der Waals surface area contributed by atoms with Gasteiger partial charge < -0.3 is 14.6 Å². The molecule has 1 atom stereocenters. The van der Waals surface area contributed by atoms with Crippen LogP contribution in [-0.4, -0.2) is 29.7 Å². The summed E-state index contributed by atoms with van der Waals surface area (Å²) in [6.45, 7) is 4.48. The number of methoxy groups -OCH3 is 1. The van der Waals surface area contributed by atoms with Crippen LogP contribution in [0.3, 0.4) is 0 Å². The highest BCUT2D eigenvalue weighted by Gasteiger charge is 2.42. The summed E-state index contributed by atoms with van der Waals surface area (Å²) in [5.41, 5.74) is 5.11. The normalized spacial score (nSPS) is 18.8. The highest BCUT2D eigenvalue weighted by atomic mass is 16.5. The Labute approximate surface area is 166 Å². The molecule has 3 heterocycles. The highest BCUT2D eigenvalue weighted by Crippen LogP contribution is 2.45. The van der Waals surface area contributed by atoms with Gasteiger partial charge >= 0.3 is 0 Å². The first-order chi connectivity index (χ1) is 13.7. The number of anilines is 1. The minimum Gasteiger partial charge on any atom is -0.497 e. The van der Waals surface area contributed by atoms with Crippen molar-refractivity contribution in [2.45, 2.75) is 31.3 Å². The number of nitrogens with zero attached hydrogens (tertiary/aromatic N) is 2. The lowest BCUT2D eigenvalue weighted by Crippen LogP contribution is -2.50. The quantitative estimate of drug-likeness (QED) is 0.703. The molecule has 4 nitrogen and oxygen atoms in total. The molecule has 2 aliphatic rings. The average Bonchev–Trinajstić information content (AvgIpc) is 3.25. The van der Waals surface area contributed by atoms with E-state index in [2.05, 4.69) is 82.5 Å². The van der Waals surface area contributed by atoms with Crippen LogP contribution in [0.4, 0.5) is 5.69 Å². The number of fused-ring (bicyclic) bond motifs is 4. The van der Waals surface area contributed by atoms with Crippen molar-refractivity contribution in [3.05, 3.63) is 78.1 Å². The van der Waals surface area contributed by atoms with Crippen molar-refractivity contribution in [2.75, 3.05) is 25.5 Å². The summed E-state index contributed by atoms with van der Waals surface area (Å²) >= 11 is 0. The van der Waals surface area contributed by atoms with Gasteiger partial charge in [-0.25, -0.2) is 0 Å². The fourth-order valence-corrected chi connectivity index (χ4v) is 4.87. The van der Waals surface area contributed by atoms with Crippen LogP contribution in [0.25, 0.3) is 5.69 Å². The number of piperidine rings is 1. The van der Waals surface area contributed by atoms with E-state index < -0.39 is 0 Å². The summed E-state index contributed by atoms with van der Waals surface area (Å²) in [6.07, 6.45) is 4.36. The van der Waals surface area contributed by atoms with Gasteiger partial charge in [-0.15, -0.1) is 0 Å². The Morgan fingerprint density at radius 2 is 1.79 bits per heavy atom. The predicted octanol–water partition coefficient (Wildman–Crippen LogP) is 4.96. The van der Waals surface area contributed by atoms with E-state index in [0.29, 0.717) is 6.04 Å². The fraction of sp³-hybridized carbons (Fsp3) is 0.333. The van der Waals surface area contributed by atoms with E-state index in [0.717, 1.165) is 37.4 Å². The van der Waals surface area contributed by atoms with Gasteiger partial charge in [-0.2, -0.15) is 0 Å². The first kappa shape index (κ1) is 17.4. The Morgan fingerprint density at radius 3 is 2.54 bits per heavy atom. The molecular formula is C24H27N3O. The molecular weight excluding hydrogens is 346 g/mol. The zero-order valence-electron chi connectivity index (χ0n) is 16.6. The second-order valence-electron chi connectivity index (χ2n) is 7.98. The van der Waals surface area contributed by atoms with Crippen LogP contribution < -0.4 is 10.1 Å². The number of benzene rings is 2. The largest absolute Gasteiger partial charge is 0.497 e. The molecule has 3 aromatic rings. The lowest BCUT2D eigenvalue weighted by atomic mass is 9.81. The number of ether oxygens (including phenoxy) is 1. The van der Waals surface area contributed by atoms with Gasteiger partial charge in [0.25, 0.3) is 0 Å². The molecule has 2 aliphatic heterocycles. The number of rotatable bonds is 3. The van der Waals surface area contributed by atoms with E-state index in [1.165, 1.54) is 16.9 Å². The van der Waals surface area contributed by atoms with Crippen molar-refractivity contribution >= 4 is 5.69 Å². The van der Waals surface area contributed by atoms with Gasteiger partial charge in [0.15, 0.2) is 0 Å². The molecule has 144 valence electrons. The van der Waals surface area contributed by atoms with Crippen molar-refractivity contribution in [3.8, 4) is 11.4 Å². The monoisotopic (exact) mass is 373 g/mol. The average molecular weight is 374 g/mol. The minimum atomic E-state index is -0.0181. The molecule has 1 fully saturated rings. The van der Waals surface area contributed by atoms with Gasteiger partial charge in [0.2, 0.25) is 0 Å². The third-order valence-electron chi connectivity index (χ3n) is 6.56. The van der Waals surface area contributed by atoms with E-state index in [4.69, 9.17) is 4.74 Å². The van der Waals surface area contributed by atoms with E-state index >= 15 is 0 Å². The van der Waals surface area contributed by atoms with Crippen LogP contribution in [0.2, 0.25) is 0 Å². The number of hydrogen-bond donors (Lipinski definition) is 1. The SMILES string of the molecule is COc1ccc2c(c1)NC1(CCN(C(C)c3ccccc3)CC1)c1cccn1-2. The number of likely N-dealkylation sites (tertiary alicyclic amines) is 1. The second-order valence-corrected chi connectivity index (χ2v) is 7.98. The van der Waals surface area contributed by atoms with Gasteiger partial charge in [0.05, 0.1) is 24.0 Å². The molecule has 28 heavy (non-hydrogen) atoms. The van der Waals surface area contributed by atoms with Gasteiger partial charge in [0, 0.05) is 37.1 Å². The predicted molar refractivity (Wildman–Crippen MR) is 113 cm³/mol. The van der Waals surface area contributed by atoms with Crippen LogP contribution in [-0.2, 0) is 5.54 Å². The molecule has 0 saturated carbocycles. The fourth-order valence-electron chi connectivity index (χ4n) is 4.87. The van der Waals surface area contributed by atoms with Gasteiger partial charge in [0.1, 0.15) is 5.75 Å². The van der Waals surface area contributed by atoms with E-state index in [1.807, 2.05) is 6.07 Å². The molecule has 0 amide bonds. The second kappa shape index (κ2) is 6.71. The first-order valence-electron chi connectivity index (χ1n) is 10.1. The molecule has 0 radical (unpaired) electrons. The zero-order chi connectivity index (χ0) is 19.1. The summed E-state index contributed by atoms with van der Waals surface area (Å²) in [5.74, 6) is 0.896. The number of hydrogen-bond acceptors (Lipinski definition) is 3. The molecule has 1 saturated heterocycles. The van der Waals surface area contributed by atoms with Crippen LogP contribution in [0.1, 0.15) is 37.1 Å². The number of aromatic nitrogens is 1. The molecule has 0 aliphatic carbocycles. The first-order valence-corrected chi connectivity index (χ1v) is 10.1. The van der Waals surface area contributed by atoms with Crippen molar-refractivity contribution in [1.82, 2.24) is 9.47 Å². The maximum Gasteiger partial charge on any atom is 0.121 e. The number of nitrogens with one attached hydrogen (secondary N) is 1. The topological polar surface area (TPSA) is 29.4 Å². The lowest BCUT2D eigenvalue weighted by Gasteiger charge is -2.47. The summed E-state index contributed by atoms with van der Waals surface area (Å²) < 4.78 is 7.81. The van der Waals surface area contributed by atoms with Gasteiger partial charge in [-0.1, -0.05) is 30.3 Å². The molecule has 1 aromatic heterocycles. The van der Waals surface area contributed by atoms with Crippen molar-refractivity contribution in [3.63, 3.8) is 0 Å². The molecule has 1 unspecified atom stereocenters. The Hall–Kier alpha value is -2.72. The third kappa shape index (κ3) is 2.71. The Balaban J connectivity index is 1.43. The smallest absolute Gasteiger partial charge is 0.121 e. The summed E-state index contributed by atoms with van der Waals surface area (Å²) in [4.78, 5) is 2.61. The Kier molecular flexibility index (Phi) is 4.17. The van der Waals surface area contributed by atoms with E-state index in [1.54, 1.807) is 7.11 Å². The summed E-state index contributed by atoms with van der Waals surface area (Å²) in [5, 5.41) is 3.90. The minimum absolute atomic E-state index is 0.0181. The molecule has 1 spiro atoms. The van der Waals surface area contributed by atoms with Crippen LogP contribution in [0.5, 0.6) is 5.75 Å². The standard InChI is InChI=1S/C24H27N3O/c1-18(19-7-4-3-5-8-19)26-15-12-24(13-16-26)23-9-6-14-27(23)22-11-10-20(28-2)17-21(22)25-24/h3-11,14,17-18,25H,12-13,15-16H2,1-2H3. The van der Waals surface area contributed by atoms with Crippen molar-refractivity contribution in [1.29, 1.82) is 0 Å². The summed E-state index contributed by atoms with van der Waals surface area (Å²) in [6, 6.07) is 22.0. The summed E-state index contributed by atoms with van der Waals surface area (Å²) in [7, 11) is 1.73. The highest BCUT2D eigenvalue weighted by molar-refractivity contribution is 5.69. The zero-order valence-corrected chi connectivity index (χ0v) is 16.6. The van der Waals surface area contributed by atoms with E-state index in [-0.39, 0.29) is 5.54 Å². The van der Waals surface area contributed by atoms with Gasteiger partial charge in [-0.3, -0.25) is 4.90 Å². The molecule has 4 heteroatoms. The van der Waals surface area contributed by atoms with E-state index in [9.17, 15) is 0 Å². The maximum absolute atomic E-state index is 5.47. The molecule has 0 bridgehead atoms. The molecule has 2 aromatic carbocycles. The maximum atomic E-state index is 5.47. The van der Waals surface area contributed by atoms with Crippen LogP contribution in [0.15, 0.2) is 66.9 Å². The Bertz CT molecular complexity index is 971. The van der Waals surface area contributed by atoms with Crippen molar-refractivity contribution < 1.29 is 4.74 Å². The molecule has 1 N–H and O–H groups in total. The van der Waals surface area contributed by atoms with Crippen LogP contribution >= 0.6 is 0 Å². The lowest BCUT2D eigenvalue weighted by molar-refractivity contribution is 0.129.